The van der Waals surface area contributed by atoms with E-state index >= 15 is 0 Å². The van der Waals surface area contributed by atoms with Crippen LogP contribution in [0.4, 0.5) is 0 Å². The summed E-state index contributed by atoms with van der Waals surface area (Å²) in [6.07, 6.45) is 0.732. The van der Waals surface area contributed by atoms with Gasteiger partial charge in [0.05, 0.1) is 13.1 Å². The van der Waals surface area contributed by atoms with Crippen molar-refractivity contribution in [2.45, 2.75) is 12.5 Å². The van der Waals surface area contributed by atoms with Gasteiger partial charge in [-0.3, -0.25) is 19.7 Å². The van der Waals surface area contributed by atoms with E-state index in [0.717, 1.165) is 6.42 Å². The number of ether oxygens (including phenoxy) is 1. The van der Waals surface area contributed by atoms with E-state index in [1.165, 1.54) is 4.90 Å². The molecule has 0 radical (unpaired) electrons. The van der Waals surface area contributed by atoms with Gasteiger partial charge in [-0.2, -0.15) is 0 Å². The van der Waals surface area contributed by atoms with Gasteiger partial charge in [-0.05, 0) is 6.42 Å². The number of hydrogen-bond donors (Lipinski definition) is 3. The summed E-state index contributed by atoms with van der Waals surface area (Å²) in [6.45, 7) is 1.47. The predicted octanol–water partition coefficient (Wildman–Crippen LogP) is -2.31. The van der Waals surface area contributed by atoms with Gasteiger partial charge < -0.3 is 20.3 Å². The second-order valence-corrected chi connectivity index (χ2v) is 4.63. The maximum absolute atomic E-state index is 12.0. The van der Waals surface area contributed by atoms with Gasteiger partial charge in [0.25, 0.3) is 0 Å². The zero-order chi connectivity index (χ0) is 15.0. The number of carbonyl (C=O) groups is 3. The van der Waals surface area contributed by atoms with Crippen molar-refractivity contribution in [2.24, 2.45) is 0 Å². The highest BCUT2D eigenvalue weighted by atomic mass is 16.5. The highest BCUT2D eigenvalue weighted by molar-refractivity contribution is 5.89. The molecule has 1 atom stereocenters. The monoisotopic (exact) mass is 286 g/mol. The molecule has 3 amide bonds. The Morgan fingerprint density at radius 2 is 2.25 bits per heavy atom. The minimum absolute atomic E-state index is 0.00204. The molecule has 1 unspecified atom stereocenters. The molecule has 1 rings (SSSR count). The average molecular weight is 286 g/mol. The zero-order valence-corrected chi connectivity index (χ0v) is 11.9. The first-order chi connectivity index (χ1) is 9.54. The average Bonchev–Trinajstić information content (AvgIpc) is 2.43. The molecule has 1 aliphatic heterocycles. The molecule has 20 heavy (non-hydrogen) atoms. The molecule has 0 spiro atoms. The molecule has 0 aromatic heterocycles. The van der Waals surface area contributed by atoms with Gasteiger partial charge >= 0.3 is 0 Å². The van der Waals surface area contributed by atoms with E-state index in [1.54, 1.807) is 14.2 Å². The van der Waals surface area contributed by atoms with E-state index in [1.807, 2.05) is 0 Å². The van der Waals surface area contributed by atoms with Gasteiger partial charge in [-0.25, -0.2) is 0 Å². The van der Waals surface area contributed by atoms with E-state index in [0.29, 0.717) is 13.2 Å². The summed E-state index contributed by atoms with van der Waals surface area (Å²) in [5, 5.41) is 8.15. The third-order valence-corrected chi connectivity index (χ3v) is 2.91. The molecule has 1 fully saturated rings. The van der Waals surface area contributed by atoms with Crippen molar-refractivity contribution in [1.29, 1.82) is 0 Å². The largest absolute Gasteiger partial charge is 0.385 e. The second-order valence-electron chi connectivity index (χ2n) is 4.63. The molecule has 1 aliphatic rings. The van der Waals surface area contributed by atoms with E-state index in [4.69, 9.17) is 4.74 Å². The van der Waals surface area contributed by atoms with Crippen LogP contribution in [0.15, 0.2) is 0 Å². The Balaban J connectivity index is 2.26. The maximum atomic E-state index is 12.0. The number of carbonyl (C=O) groups excluding carboxylic acids is 3. The molecule has 1 heterocycles. The smallest absolute Gasteiger partial charge is 0.241 e. The lowest BCUT2D eigenvalue weighted by Gasteiger charge is -2.27. The number of nitrogens with zero attached hydrogens (tertiary/aromatic N) is 1. The Labute approximate surface area is 118 Å². The molecule has 8 nitrogen and oxygen atoms in total. The summed E-state index contributed by atoms with van der Waals surface area (Å²) in [4.78, 5) is 36.0. The Morgan fingerprint density at radius 1 is 1.50 bits per heavy atom. The zero-order valence-electron chi connectivity index (χ0n) is 11.9. The lowest BCUT2D eigenvalue weighted by atomic mass is 10.2. The van der Waals surface area contributed by atoms with E-state index in [9.17, 15) is 14.4 Å². The molecule has 0 aliphatic carbocycles. The fourth-order valence-electron chi connectivity index (χ4n) is 1.80. The summed E-state index contributed by atoms with van der Waals surface area (Å²) in [5.74, 6) is -0.554. The fourth-order valence-corrected chi connectivity index (χ4v) is 1.80. The fraction of sp³-hybridized carbons (Fsp3) is 0.750. The van der Waals surface area contributed by atoms with Crippen molar-refractivity contribution < 1.29 is 19.1 Å². The molecule has 3 N–H and O–H groups in total. The van der Waals surface area contributed by atoms with Gasteiger partial charge in [0.15, 0.2) is 0 Å². The van der Waals surface area contributed by atoms with Crippen molar-refractivity contribution in [3.05, 3.63) is 0 Å². The highest BCUT2D eigenvalue weighted by Gasteiger charge is 2.26. The Hall–Kier alpha value is -1.67. The van der Waals surface area contributed by atoms with E-state index in [2.05, 4.69) is 16.0 Å². The summed E-state index contributed by atoms with van der Waals surface area (Å²) in [6, 6.07) is -0.473. The van der Waals surface area contributed by atoms with Crippen LogP contribution in [0.2, 0.25) is 0 Å². The van der Waals surface area contributed by atoms with Crippen LogP contribution in [0.25, 0.3) is 0 Å². The molecule has 1 saturated heterocycles. The van der Waals surface area contributed by atoms with Gasteiger partial charge in [0.1, 0.15) is 6.04 Å². The normalized spacial score (nSPS) is 18.3. The van der Waals surface area contributed by atoms with Crippen LogP contribution < -0.4 is 16.0 Å². The van der Waals surface area contributed by atoms with Gasteiger partial charge in [0, 0.05) is 33.9 Å². The Bertz CT molecular complexity index is 351. The quantitative estimate of drug-likeness (QED) is 0.457. The number of methoxy groups -OCH3 is 1. The van der Waals surface area contributed by atoms with Crippen molar-refractivity contribution >= 4 is 17.7 Å². The molecular weight excluding hydrogens is 264 g/mol. The van der Waals surface area contributed by atoms with Crippen LogP contribution >= 0.6 is 0 Å². The van der Waals surface area contributed by atoms with Crippen molar-refractivity contribution in [3.63, 3.8) is 0 Å². The van der Waals surface area contributed by atoms with Gasteiger partial charge in [0.2, 0.25) is 17.7 Å². The summed E-state index contributed by atoms with van der Waals surface area (Å²) in [5.41, 5.74) is 0. The number of likely N-dealkylation sites (N-methyl/N-ethyl adjacent to an activating group) is 1. The number of nitrogens with one attached hydrogen (secondary N) is 3. The third-order valence-electron chi connectivity index (χ3n) is 2.91. The number of piperazine rings is 1. The molecule has 0 saturated carbocycles. The first-order valence-electron chi connectivity index (χ1n) is 6.55. The van der Waals surface area contributed by atoms with Crippen LogP contribution in [0, 0.1) is 0 Å². The first kappa shape index (κ1) is 16.4. The molecule has 0 aromatic rings. The Morgan fingerprint density at radius 3 is 2.85 bits per heavy atom. The summed E-state index contributed by atoms with van der Waals surface area (Å²) >= 11 is 0. The van der Waals surface area contributed by atoms with E-state index < -0.39 is 6.04 Å². The maximum Gasteiger partial charge on any atom is 0.241 e. The van der Waals surface area contributed by atoms with Gasteiger partial charge in [-0.1, -0.05) is 0 Å². The minimum Gasteiger partial charge on any atom is -0.385 e. The van der Waals surface area contributed by atoms with E-state index in [-0.39, 0.29) is 37.4 Å². The third kappa shape index (κ3) is 5.54. The molecule has 0 bridgehead atoms. The lowest BCUT2D eigenvalue weighted by molar-refractivity contribution is -0.137. The van der Waals surface area contributed by atoms with Gasteiger partial charge in [-0.15, -0.1) is 0 Å². The predicted molar refractivity (Wildman–Crippen MR) is 71.9 cm³/mol. The standard InChI is InChI=1S/C12H22N4O4/c1-16(8-11(18)13-4-3-5-20-2)12(19)9-6-15-10(17)7-14-9/h9,14H,3-8H2,1-2H3,(H,13,18)(H,15,17). The van der Waals surface area contributed by atoms with Crippen LogP contribution in [0.3, 0.4) is 0 Å². The van der Waals surface area contributed by atoms with Crippen molar-refractivity contribution in [3.8, 4) is 0 Å². The first-order valence-corrected chi connectivity index (χ1v) is 6.55. The molecule has 8 heteroatoms. The van der Waals surface area contributed by atoms with Crippen molar-refractivity contribution in [2.75, 3.05) is 46.9 Å². The minimum atomic E-state index is -0.473. The highest BCUT2D eigenvalue weighted by Crippen LogP contribution is 1.95. The second kappa shape index (κ2) is 8.49. The lowest BCUT2D eigenvalue weighted by Crippen LogP contribution is -2.58. The Kier molecular flexibility index (Phi) is 6.96. The topological polar surface area (TPSA) is 99.8 Å². The van der Waals surface area contributed by atoms with Crippen LogP contribution in [0.1, 0.15) is 6.42 Å². The number of rotatable bonds is 7. The SMILES string of the molecule is COCCCNC(=O)CN(C)C(=O)C1CNC(=O)CN1. The summed E-state index contributed by atoms with van der Waals surface area (Å²) < 4.78 is 4.87. The molecule has 114 valence electrons. The molecule has 0 aromatic carbocycles. The number of hydrogen-bond acceptors (Lipinski definition) is 5. The summed E-state index contributed by atoms with van der Waals surface area (Å²) in [7, 11) is 3.17. The van der Waals surface area contributed by atoms with Crippen LogP contribution in [-0.2, 0) is 19.1 Å². The molecular formula is C12H22N4O4. The van der Waals surface area contributed by atoms with Crippen LogP contribution in [-0.4, -0.2) is 75.6 Å². The van der Waals surface area contributed by atoms with Crippen molar-refractivity contribution in [1.82, 2.24) is 20.9 Å². The van der Waals surface area contributed by atoms with Crippen LogP contribution in [0.5, 0.6) is 0 Å². The number of amides is 3.